The Hall–Kier alpha value is -2.04. The van der Waals surface area contributed by atoms with Crippen molar-refractivity contribution >= 4 is 0 Å². The Kier molecular flexibility index (Phi) is 6.64. The zero-order chi connectivity index (χ0) is 17.5. The van der Waals surface area contributed by atoms with E-state index in [1.165, 1.54) is 5.56 Å². The van der Waals surface area contributed by atoms with E-state index >= 15 is 0 Å². The van der Waals surface area contributed by atoms with Gasteiger partial charge in [0, 0.05) is 18.7 Å². The van der Waals surface area contributed by atoms with Crippen molar-refractivity contribution in [3.8, 4) is 11.5 Å². The van der Waals surface area contributed by atoms with E-state index in [0.717, 1.165) is 30.2 Å². The Morgan fingerprint density at radius 2 is 1.67 bits per heavy atom. The summed E-state index contributed by atoms with van der Waals surface area (Å²) >= 11 is 0. The molecule has 0 aliphatic heterocycles. The Morgan fingerprint density at radius 1 is 0.958 bits per heavy atom. The standard InChI is InChI=1S/C20H28N2O2/c1-16(22(4)14-17-9-7-6-8-10-17)24-20-12-11-19(23-5)13-18(20)15-21(2)3/h6-13,16H,14-15H2,1-5H3. The molecule has 0 bridgehead atoms. The van der Waals surface area contributed by atoms with E-state index in [1.54, 1.807) is 7.11 Å². The van der Waals surface area contributed by atoms with Gasteiger partial charge in [0.05, 0.1) is 7.11 Å². The van der Waals surface area contributed by atoms with Gasteiger partial charge in [-0.05, 0) is 51.8 Å². The number of methoxy groups -OCH3 is 1. The van der Waals surface area contributed by atoms with Crippen LogP contribution in [0, 0.1) is 0 Å². The Bertz CT molecular complexity index is 629. The van der Waals surface area contributed by atoms with Crippen LogP contribution in [0.3, 0.4) is 0 Å². The summed E-state index contributed by atoms with van der Waals surface area (Å²) in [6, 6.07) is 16.4. The largest absolute Gasteiger partial charge is 0.497 e. The predicted molar refractivity (Wildman–Crippen MR) is 98.4 cm³/mol. The van der Waals surface area contributed by atoms with E-state index in [2.05, 4.69) is 48.0 Å². The second kappa shape index (κ2) is 8.71. The van der Waals surface area contributed by atoms with Gasteiger partial charge in [0.1, 0.15) is 17.7 Å². The molecule has 4 heteroatoms. The van der Waals surface area contributed by atoms with Crippen LogP contribution in [-0.4, -0.2) is 44.3 Å². The lowest BCUT2D eigenvalue weighted by Gasteiger charge is -2.27. The van der Waals surface area contributed by atoms with Crippen molar-refractivity contribution in [1.29, 1.82) is 0 Å². The van der Waals surface area contributed by atoms with E-state index in [9.17, 15) is 0 Å². The first-order chi connectivity index (χ1) is 11.5. The van der Waals surface area contributed by atoms with Crippen LogP contribution in [0.25, 0.3) is 0 Å². The van der Waals surface area contributed by atoms with Gasteiger partial charge in [0.15, 0.2) is 0 Å². The first-order valence-corrected chi connectivity index (χ1v) is 8.22. The molecule has 2 aromatic carbocycles. The molecule has 0 heterocycles. The smallest absolute Gasteiger partial charge is 0.149 e. The molecule has 2 aromatic rings. The third-order valence-corrected chi connectivity index (χ3v) is 3.95. The van der Waals surface area contributed by atoms with Crippen LogP contribution in [0.15, 0.2) is 48.5 Å². The zero-order valence-electron chi connectivity index (χ0n) is 15.3. The Morgan fingerprint density at radius 3 is 2.29 bits per heavy atom. The highest BCUT2D eigenvalue weighted by atomic mass is 16.5. The highest BCUT2D eigenvalue weighted by Crippen LogP contribution is 2.26. The molecule has 0 spiro atoms. The maximum absolute atomic E-state index is 6.22. The summed E-state index contributed by atoms with van der Waals surface area (Å²) < 4.78 is 11.6. The fraction of sp³-hybridized carbons (Fsp3) is 0.400. The van der Waals surface area contributed by atoms with Gasteiger partial charge in [-0.15, -0.1) is 0 Å². The van der Waals surface area contributed by atoms with Gasteiger partial charge in [0.25, 0.3) is 0 Å². The molecule has 0 saturated carbocycles. The van der Waals surface area contributed by atoms with Crippen molar-refractivity contribution in [2.45, 2.75) is 26.2 Å². The van der Waals surface area contributed by atoms with E-state index in [-0.39, 0.29) is 6.23 Å². The van der Waals surface area contributed by atoms with E-state index in [1.807, 2.05) is 38.4 Å². The van der Waals surface area contributed by atoms with Gasteiger partial charge in [0.2, 0.25) is 0 Å². The lowest BCUT2D eigenvalue weighted by molar-refractivity contribution is 0.0536. The summed E-state index contributed by atoms with van der Waals surface area (Å²) in [4.78, 5) is 4.32. The van der Waals surface area contributed by atoms with Crippen molar-refractivity contribution in [2.75, 3.05) is 28.3 Å². The summed E-state index contributed by atoms with van der Waals surface area (Å²) in [5.41, 5.74) is 2.40. The molecule has 1 atom stereocenters. The van der Waals surface area contributed by atoms with Crippen LogP contribution in [0.1, 0.15) is 18.1 Å². The van der Waals surface area contributed by atoms with E-state index in [0.29, 0.717) is 0 Å². The highest BCUT2D eigenvalue weighted by molar-refractivity contribution is 5.40. The molecular formula is C20H28N2O2. The minimum Gasteiger partial charge on any atom is -0.497 e. The quantitative estimate of drug-likeness (QED) is 0.691. The maximum atomic E-state index is 6.22. The van der Waals surface area contributed by atoms with Crippen LogP contribution < -0.4 is 9.47 Å². The summed E-state index contributed by atoms with van der Waals surface area (Å²) in [6.07, 6.45) is -0.0282. The molecule has 0 amide bonds. The van der Waals surface area contributed by atoms with Gasteiger partial charge < -0.3 is 14.4 Å². The minimum atomic E-state index is -0.0282. The normalized spacial score (nSPS) is 12.5. The topological polar surface area (TPSA) is 24.9 Å². The van der Waals surface area contributed by atoms with Crippen molar-refractivity contribution in [1.82, 2.24) is 9.80 Å². The van der Waals surface area contributed by atoms with E-state index < -0.39 is 0 Å². The molecule has 1 unspecified atom stereocenters. The zero-order valence-corrected chi connectivity index (χ0v) is 15.3. The number of nitrogens with zero attached hydrogens (tertiary/aromatic N) is 2. The van der Waals surface area contributed by atoms with Crippen molar-refractivity contribution in [3.05, 3.63) is 59.7 Å². The molecule has 24 heavy (non-hydrogen) atoms. The molecular weight excluding hydrogens is 300 g/mol. The third kappa shape index (κ3) is 5.25. The molecule has 0 N–H and O–H groups in total. The second-order valence-corrected chi connectivity index (χ2v) is 6.33. The van der Waals surface area contributed by atoms with Crippen LogP contribution >= 0.6 is 0 Å². The van der Waals surface area contributed by atoms with Gasteiger partial charge in [-0.25, -0.2) is 0 Å². The Balaban J connectivity index is 2.08. The molecule has 0 aromatic heterocycles. The van der Waals surface area contributed by atoms with Gasteiger partial charge in [-0.3, -0.25) is 4.90 Å². The molecule has 0 aliphatic rings. The fourth-order valence-electron chi connectivity index (χ4n) is 2.54. The number of benzene rings is 2. The second-order valence-electron chi connectivity index (χ2n) is 6.33. The van der Waals surface area contributed by atoms with Crippen molar-refractivity contribution in [3.63, 3.8) is 0 Å². The summed E-state index contributed by atoms with van der Waals surface area (Å²) in [5, 5.41) is 0. The summed E-state index contributed by atoms with van der Waals surface area (Å²) in [7, 11) is 7.86. The van der Waals surface area contributed by atoms with Crippen molar-refractivity contribution in [2.24, 2.45) is 0 Å². The summed E-state index contributed by atoms with van der Waals surface area (Å²) in [6.45, 7) is 3.73. The number of ether oxygens (including phenoxy) is 2. The lowest BCUT2D eigenvalue weighted by Crippen LogP contribution is -2.33. The minimum absolute atomic E-state index is 0.0282. The highest BCUT2D eigenvalue weighted by Gasteiger charge is 2.14. The molecule has 4 nitrogen and oxygen atoms in total. The fourth-order valence-corrected chi connectivity index (χ4v) is 2.54. The maximum Gasteiger partial charge on any atom is 0.149 e. The van der Waals surface area contributed by atoms with Crippen LogP contribution in [-0.2, 0) is 13.1 Å². The van der Waals surface area contributed by atoms with Crippen LogP contribution in [0.2, 0.25) is 0 Å². The number of hydrogen-bond acceptors (Lipinski definition) is 4. The average molecular weight is 328 g/mol. The number of hydrogen-bond donors (Lipinski definition) is 0. The molecule has 0 radical (unpaired) electrons. The molecule has 130 valence electrons. The van der Waals surface area contributed by atoms with E-state index in [4.69, 9.17) is 9.47 Å². The van der Waals surface area contributed by atoms with Crippen molar-refractivity contribution < 1.29 is 9.47 Å². The lowest BCUT2D eigenvalue weighted by atomic mass is 10.1. The van der Waals surface area contributed by atoms with Crippen LogP contribution in [0.5, 0.6) is 11.5 Å². The number of rotatable bonds is 8. The molecule has 0 aliphatic carbocycles. The molecule has 2 rings (SSSR count). The van der Waals surface area contributed by atoms with Crippen LogP contribution in [0.4, 0.5) is 0 Å². The predicted octanol–water partition coefficient (Wildman–Crippen LogP) is 3.61. The van der Waals surface area contributed by atoms with Gasteiger partial charge in [-0.1, -0.05) is 30.3 Å². The molecule has 0 fully saturated rings. The van der Waals surface area contributed by atoms with Gasteiger partial charge >= 0.3 is 0 Å². The van der Waals surface area contributed by atoms with Gasteiger partial charge in [-0.2, -0.15) is 0 Å². The first kappa shape index (κ1) is 18.3. The third-order valence-electron chi connectivity index (χ3n) is 3.95. The summed E-state index contributed by atoms with van der Waals surface area (Å²) in [5.74, 6) is 1.75. The SMILES string of the molecule is COc1ccc(OC(C)N(C)Cc2ccccc2)c(CN(C)C)c1. The Labute approximate surface area is 145 Å². The molecule has 0 saturated heterocycles. The first-order valence-electron chi connectivity index (χ1n) is 8.22. The average Bonchev–Trinajstić information content (AvgIpc) is 2.56. The monoisotopic (exact) mass is 328 g/mol.